The van der Waals surface area contributed by atoms with E-state index in [4.69, 9.17) is 20.8 Å². The zero-order valence-electron chi connectivity index (χ0n) is 15.0. The second-order valence-corrected chi connectivity index (χ2v) is 6.37. The van der Waals surface area contributed by atoms with E-state index in [1.165, 1.54) is 7.11 Å². The number of benzene rings is 2. The van der Waals surface area contributed by atoms with Crippen molar-refractivity contribution in [2.75, 3.05) is 26.0 Å². The van der Waals surface area contributed by atoms with Gasteiger partial charge in [0.15, 0.2) is 0 Å². The highest BCUT2D eigenvalue weighted by molar-refractivity contribution is 6.31. The summed E-state index contributed by atoms with van der Waals surface area (Å²) in [5.41, 5.74) is 1.37. The molecular formula is C19H19ClN4O3. The molecular weight excluding hydrogens is 368 g/mol. The Balaban J connectivity index is 1.58. The average molecular weight is 387 g/mol. The van der Waals surface area contributed by atoms with E-state index in [1.807, 2.05) is 30.3 Å². The van der Waals surface area contributed by atoms with Crippen LogP contribution in [0.4, 0.5) is 5.69 Å². The first-order valence-corrected chi connectivity index (χ1v) is 8.62. The smallest absolute Gasteiger partial charge is 0.247 e. The maximum atomic E-state index is 12.3. The number of rotatable bonds is 7. The van der Waals surface area contributed by atoms with Crippen LogP contribution in [0.15, 0.2) is 52.9 Å². The lowest BCUT2D eigenvalue weighted by Gasteiger charge is -2.15. The molecule has 1 amide bonds. The van der Waals surface area contributed by atoms with Crippen LogP contribution in [-0.4, -0.2) is 41.7 Å². The van der Waals surface area contributed by atoms with Gasteiger partial charge in [0.25, 0.3) is 0 Å². The van der Waals surface area contributed by atoms with E-state index in [9.17, 15) is 4.79 Å². The van der Waals surface area contributed by atoms with E-state index >= 15 is 0 Å². The minimum absolute atomic E-state index is 0.138. The summed E-state index contributed by atoms with van der Waals surface area (Å²) < 4.78 is 10.9. The summed E-state index contributed by atoms with van der Waals surface area (Å²) in [6, 6.07) is 14.6. The van der Waals surface area contributed by atoms with E-state index in [1.54, 1.807) is 30.1 Å². The van der Waals surface area contributed by atoms with Gasteiger partial charge in [0.2, 0.25) is 17.7 Å². The summed E-state index contributed by atoms with van der Waals surface area (Å²) in [5.74, 6) is 1.22. The molecule has 0 saturated carbocycles. The molecule has 140 valence electrons. The summed E-state index contributed by atoms with van der Waals surface area (Å²) >= 11 is 5.98. The quantitative estimate of drug-likeness (QED) is 0.669. The second kappa shape index (κ2) is 8.66. The number of likely N-dealkylation sites (N-methyl/N-ethyl adjacent to an activating group) is 1. The maximum absolute atomic E-state index is 12.3. The molecule has 0 aliphatic rings. The molecule has 3 aromatic rings. The Kier molecular flexibility index (Phi) is 6.05. The molecule has 0 spiro atoms. The van der Waals surface area contributed by atoms with Gasteiger partial charge in [-0.05, 0) is 37.4 Å². The van der Waals surface area contributed by atoms with Gasteiger partial charge in [-0.1, -0.05) is 29.8 Å². The first-order valence-electron chi connectivity index (χ1n) is 8.25. The van der Waals surface area contributed by atoms with Gasteiger partial charge in [-0.3, -0.25) is 9.69 Å². The van der Waals surface area contributed by atoms with Crippen molar-refractivity contribution in [2.45, 2.75) is 6.54 Å². The van der Waals surface area contributed by atoms with Crippen molar-refractivity contribution in [1.29, 1.82) is 0 Å². The van der Waals surface area contributed by atoms with Crippen LogP contribution < -0.4 is 10.1 Å². The summed E-state index contributed by atoms with van der Waals surface area (Å²) in [6.07, 6.45) is 0. The van der Waals surface area contributed by atoms with Crippen LogP contribution in [0.5, 0.6) is 5.75 Å². The van der Waals surface area contributed by atoms with Gasteiger partial charge in [-0.2, -0.15) is 0 Å². The van der Waals surface area contributed by atoms with Crippen molar-refractivity contribution < 1.29 is 13.9 Å². The zero-order chi connectivity index (χ0) is 19.2. The zero-order valence-corrected chi connectivity index (χ0v) is 15.7. The highest BCUT2D eigenvalue weighted by atomic mass is 35.5. The van der Waals surface area contributed by atoms with Crippen LogP contribution in [0.3, 0.4) is 0 Å². The second-order valence-electron chi connectivity index (χ2n) is 5.93. The molecule has 0 saturated heterocycles. The van der Waals surface area contributed by atoms with Crippen LogP contribution in [0, 0.1) is 0 Å². The fraction of sp³-hybridized carbons (Fsp3) is 0.211. The van der Waals surface area contributed by atoms with E-state index < -0.39 is 0 Å². The maximum Gasteiger partial charge on any atom is 0.247 e. The van der Waals surface area contributed by atoms with E-state index in [-0.39, 0.29) is 12.5 Å². The fourth-order valence-electron chi connectivity index (χ4n) is 2.51. The van der Waals surface area contributed by atoms with Gasteiger partial charge in [0.1, 0.15) is 5.75 Å². The van der Waals surface area contributed by atoms with E-state index in [2.05, 4.69) is 15.5 Å². The highest BCUT2D eigenvalue weighted by Gasteiger charge is 2.14. The van der Waals surface area contributed by atoms with Crippen molar-refractivity contribution in [2.24, 2.45) is 0 Å². The lowest BCUT2D eigenvalue weighted by atomic mass is 10.2. The number of hydrogen-bond donors (Lipinski definition) is 1. The number of aromatic nitrogens is 2. The average Bonchev–Trinajstić information content (AvgIpc) is 3.11. The monoisotopic (exact) mass is 386 g/mol. The Morgan fingerprint density at radius 2 is 2.00 bits per heavy atom. The van der Waals surface area contributed by atoms with Crippen molar-refractivity contribution in [3.63, 3.8) is 0 Å². The first kappa shape index (κ1) is 18.9. The molecule has 1 heterocycles. The van der Waals surface area contributed by atoms with Gasteiger partial charge < -0.3 is 14.5 Å². The molecule has 0 unspecified atom stereocenters. The first-order chi connectivity index (χ1) is 13.0. The summed E-state index contributed by atoms with van der Waals surface area (Å²) in [7, 11) is 3.33. The molecule has 1 N–H and O–H groups in total. The van der Waals surface area contributed by atoms with Gasteiger partial charge in [0, 0.05) is 10.6 Å². The van der Waals surface area contributed by atoms with Crippen molar-refractivity contribution in [3.05, 3.63) is 59.4 Å². The number of nitrogens with one attached hydrogen (secondary N) is 1. The lowest BCUT2D eigenvalue weighted by Crippen LogP contribution is -2.30. The number of anilines is 1. The third-order valence-electron chi connectivity index (χ3n) is 3.74. The summed E-state index contributed by atoms with van der Waals surface area (Å²) in [4.78, 5) is 14.1. The SMILES string of the molecule is COc1ccc(Cl)cc1NC(=O)CN(C)Cc1nnc(-c2ccccc2)o1. The Morgan fingerprint density at radius 3 is 2.74 bits per heavy atom. The van der Waals surface area contributed by atoms with Gasteiger partial charge in [-0.15, -0.1) is 10.2 Å². The normalized spacial score (nSPS) is 10.8. The fourth-order valence-corrected chi connectivity index (χ4v) is 2.69. The molecule has 0 atom stereocenters. The molecule has 0 bridgehead atoms. The van der Waals surface area contributed by atoms with Crippen molar-refractivity contribution in [3.8, 4) is 17.2 Å². The molecule has 1 aromatic heterocycles. The third kappa shape index (κ3) is 5.06. The minimum Gasteiger partial charge on any atom is -0.495 e. The number of amides is 1. The molecule has 27 heavy (non-hydrogen) atoms. The standard InChI is InChI=1S/C19H19ClN4O3/c1-24(11-17(25)21-15-10-14(20)8-9-16(15)26-2)12-18-22-23-19(27-18)13-6-4-3-5-7-13/h3-10H,11-12H2,1-2H3,(H,21,25). The largest absolute Gasteiger partial charge is 0.495 e. The molecule has 8 heteroatoms. The topological polar surface area (TPSA) is 80.5 Å². The Hall–Kier alpha value is -2.90. The molecule has 0 fully saturated rings. The predicted octanol–water partition coefficient (Wildman–Crippen LogP) is 3.47. The Bertz CT molecular complexity index is 914. The number of halogens is 1. The van der Waals surface area contributed by atoms with Crippen LogP contribution >= 0.6 is 11.6 Å². The number of hydrogen-bond acceptors (Lipinski definition) is 6. The molecule has 7 nitrogen and oxygen atoms in total. The number of ether oxygens (including phenoxy) is 1. The molecule has 3 rings (SSSR count). The Morgan fingerprint density at radius 1 is 1.22 bits per heavy atom. The van der Waals surface area contributed by atoms with Gasteiger partial charge in [-0.25, -0.2) is 0 Å². The lowest BCUT2D eigenvalue weighted by molar-refractivity contribution is -0.117. The molecule has 0 aliphatic heterocycles. The van der Waals surface area contributed by atoms with Crippen LogP contribution in [0.1, 0.15) is 5.89 Å². The van der Waals surface area contributed by atoms with Crippen molar-refractivity contribution in [1.82, 2.24) is 15.1 Å². The van der Waals surface area contributed by atoms with Crippen LogP contribution in [0.2, 0.25) is 5.02 Å². The third-order valence-corrected chi connectivity index (χ3v) is 3.98. The number of methoxy groups -OCH3 is 1. The molecule has 0 radical (unpaired) electrons. The number of nitrogens with zero attached hydrogens (tertiary/aromatic N) is 3. The Labute approximate surface area is 161 Å². The predicted molar refractivity (Wildman–Crippen MR) is 103 cm³/mol. The van der Waals surface area contributed by atoms with Crippen molar-refractivity contribution >= 4 is 23.2 Å². The van der Waals surface area contributed by atoms with E-state index in [0.717, 1.165) is 5.56 Å². The number of carbonyl (C=O) groups excluding carboxylic acids is 1. The van der Waals surface area contributed by atoms with Crippen LogP contribution in [-0.2, 0) is 11.3 Å². The minimum atomic E-state index is -0.208. The van der Waals surface area contributed by atoms with Gasteiger partial charge in [0.05, 0.1) is 25.9 Å². The highest BCUT2D eigenvalue weighted by Crippen LogP contribution is 2.27. The van der Waals surface area contributed by atoms with Crippen LogP contribution in [0.25, 0.3) is 11.5 Å². The molecule has 2 aromatic carbocycles. The number of carbonyl (C=O) groups is 1. The molecule has 0 aliphatic carbocycles. The summed E-state index contributed by atoms with van der Waals surface area (Å²) in [5, 5.41) is 11.4. The van der Waals surface area contributed by atoms with Gasteiger partial charge >= 0.3 is 0 Å². The summed E-state index contributed by atoms with van der Waals surface area (Å²) in [6.45, 7) is 0.485. The van der Waals surface area contributed by atoms with E-state index in [0.29, 0.717) is 34.8 Å².